The fourth-order valence-electron chi connectivity index (χ4n) is 3.28. The molecule has 1 aromatic rings. The third-order valence-corrected chi connectivity index (χ3v) is 6.44. The minimum atomic E-state index is -4.05. The molecule has 2 heterocycles. The van der Waals surface area contributed by atoms with Crippen LogP contribution in [0.5, 0.6) is 0 Å². The number of hydrogen-bond donors (Lipinski definition) is 2. The van der Waals surface area contributed by atoms with Gasteiger partial charge in [-0.15, -0.1) is 0 Å². The fraction of sp³-hybridized carbons (Fsp3) is 0.389. The molecule has 4 amide bonds. The largest absolute Gasteiger partial charge is 0.481 e. The lowest BCUT2D eigenvalue weighted by Crippen LogP contribution is -2.54. The lowest BCUT2D eigenvalue weighted by atomic mass is 10.0. The number of aliphatic carboxylic acids is 1. The summed E-state index contributed by atoms with van der Waals surface area (Å²) >= 11 is 0. The molecule has 1 saturated heterocycles. The van der Waals surface area contributed by atoms with Crippen LogP contribution in [-0.2, 0) is 29.0 Å². The van der Waals surface area contributed by atoms with E-state index in [1.807, 2.05) is 0 Å². The van der Waals surface area contributed by atoms with Crippen LogP contribution in [0.25, 0.3) is 0 Å². The number of sulfone groups is 1. The molecular formula is C18H18N2O9S. The van der Waals surface area contributed by atoms with Gasteiger partial charge >= 0.3 is 5.97 Å². The zero-order valence-electron chi connectivity index (χ0n) is 15.6. The lowest BCUT2D eigenvalue weighted by molar-refractivity contribution is -0.138. The van der Waals surface area contributed by atoms with Crippen molar-refractivity contribution in [1.82, 2.24) is 10.2 Å². The molecule has 0 aromatic heterocycles. The molecule has 30 heavy (non-hydrogen) atoms. The smallest absolute Gasteiger partial charge is 0.305 e. The Morgan fingerprint density at radius 2 is 1.90 bits per heavy atom. The molecule has 1 atom stereocenters. The summed E-state index contributed by atoms with van der Waals surface area (Å²) in [6.07, 6.45) is -0.382. The number of carbonyl (C=O) groups is 5. The van der Waals surface area contributed by atoms with Crippen molar-refractivity contribution in [1.29, 1.82) is 0 Å². The van der Waals surface area contributed by atoms with Crippen molar-refractivity contribution in [3.8, 4) is 0 Å². The maximum atomic E-state index is 12.9. The molecule has 0 radical (unpaired) electrons. The van der Waals surface area contributed by atoms with Crippen LogP contribution in [0.1, 0.15) is 40.0 Å². The molecule has 2 aliphatic heterocycles. The summed E-state index contributed by atoms with van der Waals surface area (Å²) in [6, 6.07) is 2.59. The molecule has 0 bridgehead atoms. The standard InChI is InChI=1S/C18H18N2O9S/c21-13-5-4-11(16(24)19-13)20-17(25)10-2-1-3-12(15(10)18(20)26)30(27,28)9-8-29-7-6-14(22)23/h1-3,11H,4-9H2,(H,22,23)(H,19,21,24). The average molecular weight is 438 g/mol. The fourth-order valence-corrected chi connectivity index (χ4v) is 4.63. The Kier molecular flexibility index (Phi) is 5.99. The van der Waals surface area contributed by atoms with Crippen LogP contribution < -0.4 is 5.32 Å². The van der Waals surface area contributed by atoms with E-state index in [-0.39, 0.29) is 48.5 Å². The van der Waals surface area contributed by atoms with Crippen LogP contribution >= 0.6 is 0 Å². The topological polar surface area (TPSA) is 164 Å². The number of ether oxygens (including phenoxy) is 1. The molecule has 0 saturated carbocycles. The number of amides is 4. The van der Waals surface area contributed by atoms with Crippen LogP contribution in [0.4, 0.5) is 0 Å². The minimum Gasteiger partial charge on any atom is -0.481 e. The summed E-state index contributed by atoms with van der Waals surface area (Å²) in [4.78, 5) is 59.9. The third-order valence-electron chi connectivity index (χ3n) is 4.72. The summed E-state index contributed by atoms with van der Waals surface area (Å²) < 4.78 is 30.5. The Balaban J connectivity index is 1.83. The first-order valence-electron chi connectivity index (χ1n) is 9.00. The number of fused-ring (bicyclic) bond motifs is 1. The summed E-state index contributed by atoms with van der Waals surface area (Å²) in [5.41, 5.74) is -0.463. The van der Waals surface area contributed by atoms with E-state index >= 15 is 0 Å². The Bertz CT molecular complexity index is 1050. The normalized spacial score (nSPS) is 19.1. The average Bonchev–Trinajstić information content (AvgIpc) is 2.92. The number of carboxylic acids is 1. The molecule has 0 aliphatic carbocycles. The van der Waals surface area contributed by atoms with Gasteiger partial charge in [0.25, 0.3) is 11.8 Å². The summed E-state index contributed by atoms with van der Waals surface area (Å²) in [7, 11) is -4.05. The van der Waals surface area contributed by atoms with Crippen LogP contribution in [0, 0.1) is 0 Å². The van der Waals surface area contributed by atoms with Crippen molar-refractivity contribution in [3.63, 3.8) is 0 Å². The van der Waals surface area contributed by atoms with Gasteiger partial charge in [0, 0.05) is 6.42 Å². The number of piperidine rings is 1. The highest BCUT2D eigenvalue weighted by molar-refractivity contribution is 7.91. The molecule has 0 spiro atoms. The molecule has 1 fully saturated rings. The van der Waals surface area contributed by atoms with Gasteiger partial charge in [-0.1, -0.05) is 6.07 Å². The second kappa shape index (κ2) is 8.32. The molecule has 12 heteroatoms. The molecule has 11 nitrogen and oxygen atoms in total. The van der Waals surface area contributed by atoms with Gasteiger partial charge in [-0.2, -0.15) is 0 Å². The van der Waals surface area contributed by atoms with Crippen LogP contribution in [-0.4, -0.2) is 73.0 Å². The highest BCUT2D eigenvalue weighted by Gasteiger charge is 2.46. The van der Waals surface area contributed by atoms with E-state index in [1.54, 1.807) is 0 Å². The maximum absolute atomic E-state index is 12.9. The number of hydrogen-bond acceptors (Lipinski definition) is 8. The molecule has 160 valence electrons. The molecule has 2 aliphatic rings. The van der Waals surface area contributed by atoms with Crippen molar-refractivity contribution < 1.29 is 42.2 Å². The van der Waals surface area contributed by atoms with Crippen molar-refractivity contribution in [2.75, 3.05) is 19.0 Å². The quantitative estimate of drug-likeness (QED) is 0.396. The Labute approximate surface area is 170 Å². The summed E-state index contributed by atoms with van der Waals surface area (Å²) in [5, 5.41) is 10.6. The molecule has 3 rings (SSSR count). The second-order valence-corrected chi connectivity index (χ2v) is 8.78. The van der Waals surface area contributed by atoms with E-state index in [0.29, 0.717) is 4.90 Å². The predicted octanol–water partition coefficient (Wildman–Crippen LogP) is -0.647. The number of nitrogens with one attached hydrogen (secondary N) is 1. The van der Waals surface area contributed by atoms with E-state index in [1.165, 1.54) is 18.2 Å². The van der Waals surface area contributed by atoms with Crippen molar-refractivity contribution in [2.24, 2.45) is 0 Å². The van der Waals surface area contributed by atoms with E-state index in [4.69, 9.17) is 9.84 Å². The first kappa shape index (κ1) is 21.6. The highest BCUT2D eigenvalue weighted by Crippen LogP contribution is 2.32. The van der Waals surface area contributed by atoms with Crippen LogP contribution in [0.15, 0.2) is 23.1 Å². The molecular weight excluding hydrogens is 420 g/mol. The van der Waals surface area contributed by atoms with E-state index in [0.717, 1.165) is 0 Å². The van der Waals surface area contributed by atoms with Crippen molar-refractivity contribution in [2.45, 2.75) is 30.2 Å². The number of rotatable bonds is 8. The molecule has 2 N–H and O–H groups in total. The molecule has 1 aromatic carbocycles. The zero-order valence-corrected chi connectivity index (χ0v) is 16.4. The number of nitrogens with zero attached hydrogens (tertiary/aromatic N) is 1. The van der Waals surface area contributed by atoms with Crippen molar-refractivity contribution in [3.05, 3.63) is 29.3 Å². The van der Waals surface area contributed by atoms with Gasteiger partial charge in [-0.3, -0.25) is 34.2 Å². The Hall–Kier alpha value is -3.12. The summed E-state index contributed by atoms with van der Waals surface area (Å²) in [5.74, 6) is -4.65. The minimum absolute atomic E-state index is 0.0460. The van der Waals surface area contributed by atoms with Gasteiger partial charge < -0.3 is 9.84 Å². The Morgan fingerprint density at radius 3 is 2.57 bits per heavy atom. The number of imide groups is 2. The van der Waals surface area contributed by atoms with Gasteiger partial charge in [0.05, 0.1) is 41.4 Å². The first-order chi connectivity index (χ1) is 14.1. The monoisotopic (exact) mass is 438 g/mol. The zero-order chi connectivity index (χ0) is 22.1. The predicted molar refractivity (Wildman–Crippen MR) is 98.2 cm³/mol. The van der Waals surface area contributed by atoms with E-state index in [9.17, 15) is 32.4 Å². The van der Waals surface area contributed by atoms with Crippen molar-refractivity contribution >= 4 is 39.4 Å². The maximum Gasteiger partial charge on any atom is 0.305 e. The van der Waals surface area contributed by atoms with Gasteiger partial charge in [0.15, 0.2) is 9.84 Å². The van der Waals surface area contributed by atoms with Gasteiger partial charge in [-0.25, -0.2) is 8.42 Å². The molecule has 1 unspecified atom stereocenters. The lowest BCUT2D eigenvalue weighted by Gasteiger charge is -2.27. The highest BCUT2D eigenvalue weighted by atomic mass is 32.2. The van der Waals surface area contributed by atoms with Gasteiger partial charge in [0.2, 0.25) is 11.8 Å². The van der Waals surface area contributed by atoms with Crippen LogP contribution in [0.2, 0.25) is 0 Å². The van der Waals surface area contributed by atoms with E-state index < -0.39 is 51.2 Å². The number of carbonyl (C=O) groups excluding carboxylic acids is 4. The third kappa shape index (κ3) is 4.09. The summed E-state index contributed by atoms with van der Waals surface area (Å²) in [6.45, 7) is -0.462. The second-order valence-electron chi connectivity index (χ2n) is 6.70. The first-order valence-corrected chi connectivity index (χ1v) is 10.7. The SMILES string of the molecule is O=C(O)CCOCCS(=O)(=O)c1cccc2c1C(=O)N(C1CCC(=O)NC1=O)C2=O. The number of carboxylic acid groups (broad SMARTS) is 1. The van der Waals surface area contributed by atoms with Gasteiger partial charge in [0.1, 0.15) is 6.04 Å². The Morgan fingerprint density at radius 1 is 1.17 bits per heavy atom. The van der Waals surface area contributed by atoms with Crippen LogP contribution in [0.3, 0.4) is 0 Å². The van der Waals surface area contributed by atoms with E-state index in [2.05, 4.69) is 5.32 Å². The number of benzene rings is 1. The van der Waals surface area contributed by atoms with Gasteiger partial charge in [-0.05, 0) is 18.6 Å².